The van der Waals surface area contributed by atoms with Crippen molar-refractivity contribution in [3.05, 3.63) is 54.1 Å². The predicted molar refractivity (Wildman–Crippen MR) is 85.7 cm³/mol. The Morgan fingerprint density at radius 1 is 1.43 bits per heavy atom. The third-order valence-electron chi connectivity index (χ3n) is 3.25. The number of aromatic amines is 1. The SMILES string of the molecule is CCC(NC(=O)C(C(N)=S)c1ccccc1)c1ncc[nH]1. The molecule has 5 nitrogen and oxygen atoms in total. The molecule has 21 heavy (non-hydrogen) atoms. The van der Waals surface area contributed by atoms with Crippen molar-refractivity contribution in [3.8, 4) is 0 Å². The number of thiocarbonyl (C=S) groups is 1. The van der Waals surface area contributed by atoms with Crippen molar-refractivity contribution in [2.24, 2.45) is 5.73 Å². The zero-order valence-corrected chi connectivity index (χ0v) is 12.6. The van der Waals surface area contributed by atoms with Gasteiger partial charge in [0.25, 0.3) is 0 Å². The van der Waals surface area contributed by atoms with Crippen molar-refractivity contribution in [1.82, 2.24) is 15.3 Å². The summed E-state index contributed by atoms with van der Waals surface area (Å²) < 4.78 is 0. The second kappa shape index (κ2) is 6.99. The van der Waals surface area contributed by atoms with Gasteiger partial charge >= 0.3 is 0 Å². The van der Waals surface area contributed by atoms with E-state index in [0.717, 1.165) is 17.8 Å². The molecule has 1 aromatic carbocycles. The van der Waals surface area contributed by atoms with Gasteiger partial charge in [0.1, 0.15) is 11.7 Å². The highest BCUT2D eigenvalue weighted by atomic mass is 32.1. The third kappa shape index (κ3) is 3.66. The van der Waals surface area contributed by atoms with Gasteiger partial charge in [0.05, 0.1) is 11.0 Å². The zero-order chi connectivity index (χ0) is 15.2. The van der Waals surface area contributed by atoms with Crippen LogP contribution in [0, 0.1) is 0 Å². The number of H-pyrrole nitrogens is 1. The van der Waals surface area contributed by atoms with E-state index in [9.17, 15) is 4.79 Å². The molecular formula is C15H18N4OS. The Bertz CT molecular complexity index is 597. The van der Waals surface area contributed by atoms with E-state index in [1.807, 2.05) is 37.3 Å². The average molecular weight is 302 g/mol. The van der Waals surface area contributed by atoms with Crippen LogP contribution in [0.4, 0.5) is 0 Å². The molecule has 110 valence electrons. The fourth-order valence-corrected chi connectivity index (χ4v) is 2.42. The molecule has 0 radical (unpaired) electrons. The fraction of sp³-hybridized carbons (Fsp3) is 0.267. The molecule has 0 aliphatic carbocycles. The van der Waals surface area contributed by atoms with Crippen molar-refractivity contribution in [1.29, 1.82) is 0 Å². The molecule has 2 aromatic rings. The standard InChI is InChI=1S/C15H18N4OS/c1-2-11(14-17-8-9-18-14)19-15(20)12(13(16)21)10-6-4-3-5-7-10/h3-9,11-12H,2H2,1H3,(H2,16,21)(H,17,18)(H,19,20). The highest BCUT2D eigenvalue weighted by molar-refractivity contribution is 7.80. The molecular weight excluding hydrogens is 284 g/mol. The lowest BCUT2D eigenvalue weighted by Crippen LogP contribution is -2.38. The number of hydrogen-bond donors (Lipinski definition) is 3. The number of nitrogens with two attached hydrogens (primary N) is 1. The fourth-order valence-electron chi connectivity index (χ4n) is 2.18. The van der Waals surface area contributed by atoms with E-state index in [4.69, 9.17) is 18.0 Å². The Morgan fingerprint density at radius 3 is 2.67 bits per heavy atom. The summed E-state index contributed by atoms with van der Waals surface area (Å²) in [7, 11) is 0. The van der Waals surface area contributed by atoms with Crippen LogP contribution < -0.4 is 11.1 Å². The van der Waals surface area contributed by atoms with Crippen molar-refractivity contribution in [2.45, 2.75) is 25.3 Å². The molecule has 1 heterocycles. The molecule has 4 N–H and O–H groups in total. The minimum absolute atomic E-state index is 0.160. The van der Waals surface area contributed by atoms with E-state index in [-0.39, 0.29) is 16.9 Å². The Hall–Kier alpha value is -2.21. The summed E-state index contributed by atoms with van der Waals surface area (Å²) in [4.78, 5) is 19.9. The van der Waals surface area contributed by atoms with Crippen LogP contribution in [0.2, 0.25) is 0 Å². The summed E-state index contributed by atoms with van der Waals surface area (Å²) in [5.74, 6) is -0.122. The molecule has 0 spiro atoms. The third-order valence-corrected chi connectivity index (χ3v) is 3.49. The summed E-state index contributed by atoms with van der Waals surface area (Å²) in [5.41, 5.74) is 6.54. The normalized spacial score (nSPS) is 13.4. The van der Waals surface area contributed by atoms with Crippen molar-refractivity contribution >= 4 is 23.1 Å². The van der Waals surface area contributed by atoms with Crippen LogP contribution in [-0.4, -0.2) is 20.9 Å². The number of carbonyl (C=O) groups is 1. The van der Waals surface area contributed by atoms with E-state index in [2.05, 4.69) is 15.3 Å². The van der Waals surface area contributed by atoms with Gasteiger partial charge in [-0.3, -0.25) is 4.79 Å². The molecule has 0 aliphatic heterocycles. The van der Waals surface area contributed by atoms with Gasteiger partial charge < -0.3 is 16.0 Å². The Balaban J connectivity index is 2.18. The van der Waals surface area contributed by atoms with E-state index in [0.29, 0.717) is 0 Å². The minimum Gasteiger partial charge on any atom is -0.392 e. The topological polar surface area (TPSA) is 83.8 Å². The maximum Gasteiger partial charge on any atom is 0.235 e. The van der Waals surface area contributed by atoms with Crippen LogP contribution in [0.3, 0.4) is 0 Å². The molecule has 2 rings (SSSR count). The highest BCUT2D eigenvalue weighted by Crippen LogP contribution is 2.19. The average Bonchev–Trinajstić information content (AvgIpc) is 2.99. The number of nitrogens with one attached hydrogen (secondary N) is 2. The summed E-state index contributed by atoms with van der Waals surface area (Å²) in [6.07, 6.45) is 4.11. The van der Waals surface area contributed by atoms with Crippen molar-refractivity contribution in [2.75, 3.05) is 0 Å². The molecule has 2 unspecified atom stereocenters. The van der Waals surface area contributed by atoms with Crippen LogP contribution in [0.1, 0.15) is 36.7 Å². The van der Waals surface area contributed by atoms with Gasteiger partial charge in [-0.2, -0.15) is 0 Å². The van der Waals surface area contributed by atoms with Gasteiger partial charge in [0.15, 0.2) is 0 Å². The molecule has 0 saturated carbocycles. The van der Waals surface area contributed by atoms with Crippen LogP contribution in [0.15, 0.2) is 42.7 Å². The first-order valence-corrected chi connectivity index (χ1v) is 7.18. The molecule has 1 aromatic heterocycles. The quantitative estimate of drug-likeness (QED) is 0.713. The van der Waals surface area contributed by atoms with Crippen LogP contribution in [0.25, 0.3) is 0 Å². The predicted octanol–water partition coefficient (Wildman–Crippen LogP) is 2.05. The molecule has 0 fully saturated rings. The minimum atomic E-state index is -0.634. The number of amides is 1. The second-order valence-electron chi connectivity index (χ2n) is 4.69. The summed E-state index contributed by atoms with van der Waals surface area (Å²) >= 11 is 5.06. The molecule has 0 aliphatic rings. The lowest BCUT2D eigenvalue weighted by Gasteiger charge is -2.20. The first-order chi connectivity index (χ1) is 10.1. The number of carbonyl (C=O) groups excluding carboxylic acids is 1. The first-order valence-electron chi connectivity index (χ1n) is 6.77. The number of nitrogens with zero attached hydrogens (tertiary/aromatic N) is 1. The van der Waals surface area contributed by atoms with Crippen molar-refractivity contribution in [3.63, 3.8) is 0 Å². The number of hydrogen-bond acceptors (Lipinski definition) is 3. The van der Waals surface area contributed by atoms with Gasteiger partial charge in [0.2, 0.25) is 5.91 Å². The molecule has 6 heteroatoms. The second-order valence-corrected chi connectivity index (χ2v) is 5.16. The Morgan fingerprint density at radius 2 is 2.14 bits per heavy atom. The monoisotopic (exact) mass is 302 g/mol. The Labute approximate surface area is 129 Å². The van der Waals surface area contributed by atoms with Crippen LogP contribution in [0.5, 0.6) is 0 Å². The van der Waals surface area contributed by atoms with Crippen molar-refractivity contribution < 1.29 is 4.79 Å². The summed E-state index contributed by atoms with van der Waals surface area (Å²) in [6, 6.07) is 9.10. The molecule has 2 atom stereocenters. The van der Waals surface area contributed by atoms with Gasteiger partial charge in [-0.15, -0.1) is 0 Å². The maximum atomic E-state index is 12.5. The van der Waals surface area contributed by atoms with Gasteiger partial charge in [-0.05, 0) is 12.0 Å². The molecule has 0 bridgehead atoms. The lowest BCUT2D eigenvalue weighted by molar-refractivity contribution is -0.121. The number of benzene rings is 1. The highest BCUT2D eigenvalue weighted by Gasteiger charge is 2.26. The van der Waals surface area contributed by atoms with E-state index >= 15 is 0 Å². The van der Waals surface area contributed by atoms with Crippen LogP contribution >= 0.6 is 12.2 Å². The molecule has 0 saturated heterocycles. The lowest BCUT2D eigenvalue weighted by atomic mass is 9.97. The number of imidazole rings is 1. The first kappa shape index (κ1) is 15.2. The van der Waals surface area contributed by atoms with Gasteiger partial charge in [-0.25, -0.2) is 4.98 Å². The largest absolute Gasteiger partial charge is 0.392 e. The Kier molecular flexibility index (Phi) is 5.05. The number of aromatic nitrogens is 2. The maximum absolute atomic E-state index is 12.5. The van der Waals surface area contributed by atoms with E-state index < -0.39 is 5.92 Å². The van der Waals surface area contributed by atoms with E-state index in [1.165, 1.54) is 0 Å². The van der Waals surface area contributed by atoms with Gasteiger partial charge in [0, 0.05) is 12.4 Å². The summed E-state index contributed by atoms with van der Waals surface area (Å²) in [6.45, 7) is 1.98. The smallest absolute Gasteiger partial charge is 0.235 e. The van der Waals surface area contributed by atoms with E-state index in [1.54, 1.807) is 12.4 Å². The zero-order valence-electron chi connectivity index (χ0n) is 11.7. The van der Waals surface area contributed by atoms with Gasteiger partial charge in [-0.1, -0.05) is 49.5 Å². The number of rotatable bonds is 6. The molecule has 1 amide bonds. The van der Waals surface area contributed by atoms with Crippen LogP contribution in [-0.2, 0) is 4.79 Å². The summed E-state index contributed by atoms with van der Waals surface area (Å²) in [5, 5.41) is 2.95.